The Labute approximate surface area is 161 Å². The van der Waals surface area contributed by atoms with Crippen molar-refractivity contribution in [3.8, 4) is 17.2 Å². The summed E-state index contributed by atoms with van der Waals surface area (Å²) < 4.78 is 16.1. The first-order chi connectivity index (χ1) is 11.2. The minimum Gasteiger partial charge on any atom is -0.493 e. The summed E-state index contributed by atoms with van der Waals surface area (Å²) in [5.41, 5.74) is 1.00. The number of nitrogens with one attached hydrogen (secondary N) is 2. The Bertz CT molecular complexity index is 523. The summed E-state index contributed by atoms with van der Waals surface area (Å²) in [4.78, 5) is 4.63. The third-order valence-electron chi connectivity index (χ3n) is 3.74. The minimum atomic E-state index is 0. The zero-order chi connectivity index (χ0) is 16.7. The van der Waals surface area contributed by atoms with Crippen LogP contribution in [0.4, 0.5) is 0 Å². The molecule has 2 N–H and O–H groups in total. The highest BCUT2D eigenvalue weighted by molar-refractivity contribution is 14.0. The maximum atomic E-state index is 5.38. The van der Waals surface area contributed by atoms with E-state index in [0.717, 1.165) is 30.5 Å². The molecule has 1 fully saturated rings. The topological polar surface area (TPSA) is 64.1 Å². The molecule has 2 rings (SSSR count). The van der Waals surface area contributed by atoms with Crippen molar-refractivity contribution in [1.82, 2.24) is 10.6 Å². The van der Waals surface area contributed by atoms with Gasteiger partial charge in [-0.3, -0.25) is 0 Å². The minimum absolute atomic E-state index is 0. The fourth-order valence-electron chi connectivity index (χ4n) is 2.30. The quantitative estimate of drug-likeness (QED) is 0.363. The molecular weight excluding hydrogens is 421 g/mol. The van der Waals surface area contributed by atoms with Gasteiger partial charge in [-0.05, 0) is 43.4 Å². The van der Waals surface area contributed by atoms with Gasteiger partial charge >= 0.3 is 0 Å². The van der Waals surface area contributed by atoms with E-state index in [9.17, 15) is 0 Å². The lowest BCUT2D eigenvalue weighted by Crippen LogP contribution is -2.38. The molecule has 0 saturated heterocycles. The summed E-state index contributed by atoms with van der Waals surface area (Å²) in [6.07, 6.45) is 2.64. The fourth-order valence-corrected chi connectivity index (χ4v) is 2.30. The fraction of sp³-hybridized carbons (Fsp3) is 0.588. The monoisotopic (exact) mass is 449 g/mol. The Morgan fingerprint density at radius 3 is 2.17 bits per heavy atom. The van der Waals surface area contributed by atoms with Crippen LogP contribution < -0.4 is 24.8 Å². The Hall–Kier alpha value is -1.38. The van der Waals surface area contributed by atoms with Gasteiger partial charge in [-0.1, -0.05) is 0 Å². The Morgan fingerprint density at radius 1 is 1.08 bits per heavy atom. The smallest absolute Gasteiger partial charge is 0.203 e. The molecule has 1 aromatic rings. The standard InChI is InChI=1S/C17H27N3O3.HI/c1-5-18-17(19-10-12-6-7-12)20-11-13-8-14(21-2)16(23-4)15(9-13)22-3;/h8-9,12H,5-7,10-11H2,1-4H3,(H2,18,19,20);1H. The Kier molecular flexibility index (Phi) is 9.02. The normalized spacial score (nSPS) is 13.8. The molecule has 1 saturated carbocycles. The summed E-state index contributed by atoms with van der Waals surface area (Å²) in [7, 11) is 4.83. The van der Waals surface area contributed by atoms with Gasteiger partial charge < -0.3 is 24.8 Å². The van der Waals surface area contributed by atoms with E-state index >= 15 is 0 Å². The van der Waals surface area contributed by atoms with Crippen LogP contribution in [0, 0.1) is 5.92 Å². The van der Waals surface area contributed by atoms with E-state index in [1.165, 1.54) is 12.8 Å². The third-order valence-corrected chi connectivity index (χ3v) is 3.74. The first kappa shape index (κ1) is 20.7. The number of hydrogen-bond acceptors (Lipinski definition) is 4. The van der Waals surface area contributed by atoms with Crippen molar-refractivity contribution in [2.75, 3.05) is 34.4 Å². The molecule has 1 aromatic carbocycles. The first-order valence-electron chi connectivity index (χ1n) is 8.02. The lowest BCUT2D eigenvalue weighted by atomic mass is 10.2. The zero-order valence-corrected chi connectivity index (χ0v) is 17.2. The molecule has 24 heavy (non-hydrogen) atoms. The van der Waals surface area contributed by atoms with Crippen molar-refractivity contribution in [2.45, 2.75) is 26.3 Å². The van der Waals surface area contributed by atoms with Crippen molar-refractivity contribution in [2.24, 2.45) is 10.9 Å². The number of guanidine groups is 1. The number of rotatable bonds is 8. The van der Waals surface area contributed by atoms with Crippen LogP contribution in [0.25, 0.3) is 0 Å². The van der Waals surface area contributed by atoms with E-state index in [4.69, 9.17) is 14.2 Å². The maximum absolute atomic E-state index is 5.38. The maximum Gasteiger partial charge on any atom is 0.203 e. The average Bonchev–Trinajstić information content (AvgIpc) is 3.40. The number of aliphatic imine (C=N–C) groups is 1. The van der Waals surface area contributed by atoms with Gasteiger partial charge in [0.15, 0.2) is 17.5 Å². The summed E-state index contributed by atoms with van der Waals surface area (Å²) in [5, 5.41) is 6.65. The molecule has 0 aromatic heterocycles. The average molecular weight is 449 g/mol. The van der Waals surface area contributed by atoms with Crippen LogP contribution in [-0.4, -0.2) is 40.4 Å². The second-order valence-electron chi connectivity index (χ2n) is 5.55. The van der Waals surface area contributed by atoms with Crippen LogP contribution in [0.5, 0.6) is 17.2 Å². The summed E-state index contributed by atoms with van der Waals surface area (Å²) >= 11 is 0. The van der Waals surface area contributed by atoms with E-state index in [0.29, 0.717) is 23.8 Å². The van der Waals surface area contributed by atoms with Gasteiger partial charge in [0.05, 0.1) is 27.9 Å². The van der Waals surface area contributed by atoms with Gasteiger partial charge in [-0.25, -0.2) is 4.99 Å². The van der Waals surface area contributed by atoms with Crippen LogP contribution in [0.1, 0.15) is 25.3 Å². The second kappa shape index (κ2) is 10.5. The molecule has 7 heteroatoms. The number of nitrogens with zero attached hydrogens (tertiary/aromatic N) is 1. The first-order valence-corrected chi connectivity index (χ1v) is 8.02. The lowest BCUT2D eigenvalue weighted by Gasteiger charge is -2.14. The molecule has 0 bridgehead atoms. The molecule has 0 spiro atoms. The van der Waals surface area contributed by atoms with E-state index in [2.05, 4.69) is 22.5 Å². The highest BCUT2D eigenvalue weighted by Gasteiger charge is 2.21. The van der Waals surface area contributed by atoms with Gasteiger partial charge in [0.25, 0.3) is 0 Å². The highest BCUT2D eigenvalue weighted by Crippen LogP contribution is 2.38. The van der Waals surface area contributed by atoms with Gasteiger partial charge in [0.2, 0.25) is 5.75 Å². The summed E-state index contributed by atoms with van der Waals surface area (Å²) in [6.45, 7) is 4.43. The molecule has 1 aliphatic rings. The lowest BCUT2D eigenvalue weighted by molar-refractivity contribution is 0.324. The zero-order valence-electron chi connectivity index (χ0n) is 14.8. The predicted octanol–water partition coefficient (Wildman–Crippen LogP) is 2.80. The Balaban J connectivity index is 0.00000288. The van der Waals surface area contributed by atoms with E-state index in [-0.39, 0.29) is 24.0 Å². The highest BCUT2D eigenvalue weighted by atomic mass is 127. The van der Waals surface area contributed by atoms with Crippen molar-refractivity contribution in [1.29, 1.82) is 0 Å². The number of hydrogen-bond donors (Lipinski definition) is 2. The molecule has 0 amide bonds. The van der Waals surface area contributed by atoms with Gasteiger partial charge in [0, 0.05) is 13.1 Å². The van der Waals surface area contributed by atoms with Crippen LogP contribution in [0.15, 0.2) is 17.1 Å². The molecule has 0 aliphatic heterocycles. The van der Waals surface area contributed by atoms with E-state index < -0.39 is 0 Å². The van der Waals surface area contributed by atoms with Crippen molar-refractivity contribution in [3.05, 3.63) is 17.7 Å². The number of ether oxygens (including phenoxy) is 3. The third kappa shape index (κ3) is 5.92. The molecule has 0 atom stereocenters. The van der Waals surface area contributed by atoms with Gasteiger partial charge in [0.1, 0.15) is 0 Å². The van der Waals surface area contributed by atoms with Crippen LogP contribution >= 0.6 is 24.0 Å². The van der Waals surface area contributed by atoms with Crippen LogP contribution in [0.2, 0.25) is 0 Å². The molecule has 6 nitrogen and oxygen atoms in total. The van der Waals surface area contributed by atoms with Crippen molar-refractivity contribution >= 4 is 29.9 Å². The molecule has 1 aliphatic carbocycles. The molecule has 0 heterocycles. The van der Waals surface area contributed by atoms with E-state index in [1.807, 2.05) is 12.1 Å². The summed E-state index contributed by atoms with van der Waals surface area (Å²) in [6, 6.07) is 3.85. The second-order valence-corrected chi connectivity index (χ2v) is 5.55. The SMILES string of the molecule is CCNC(=NCc1cc(OC)c(OC)c(OC)c1)NCC1CC1.I. The predicted molar refractivity (Wildman–Crippen MR) is 107 cm³/mol. The van der Waals surface area contributed by atoms with Crippen molar-refractivity contribution in [3.63, 3.8) is 0 Å². The molecular formula is C17H28IN3O3. The van der Waals surface area contributed by atoms with Crippen LogP contribution in [-0.2, 0) is 6.54 Å². The van der Waals surface area contributed by atoms with Gasteiger partial charge in [-0.15, -0.1) is 24.0 Å². The number of halogens is 1. The summed E-state index contributed by atoms with van der Waals surface area (Å²) in [5.74, 6) is 3.54. The van der Waals surface area contributed by atoms with Gasteiger partial charge in [-0.2, -0.15) is 0 Å². The molecule has 0 radical (unpaired) electrons. The van der Waals surface area contributed by atoms with E-state index in [1.54, 1.807) is 21.3 Å². The van der Waals surface area contributed by atoms with Crippen molar-refractivity contribution < 1.29 is 14.2 Å². The largest absolute Gasteiger partial charge is 0.493 e. The molecule has 136 valence electrons. The van der Waals surface area contributed by atoms with Crippen LogP contribution in [0.3, 0.4) is 0 Å². The number of benzene rings is 1. The molecule has 0 unspecified atom stereocenters. The number of methoxy groups -OCH3 is 3. The Morgan fingerprint density at radius 2 is 1.71 bits per heavy atom.